The SMILES string of the molecule is Cc1cnc(CNC(C)c2ccc(-n3ccnn3)cc2)o1. The molecule has 0 fully saturated rings. The van der Waals surface area contributed by atoms with E-state index in [1.54, 1.807) is 17.1 Å². The van der Waals surface area contributed by atoms with E-state index in [1.807, 2.05) is 25.3 Å². The van der Waals surface area contributed by atoms with Crippen LogP contribution in [0.2, 0.25) is 0 Å². The van der Waals surface area contributed by atoms with E-state index in [1.165, 1.54) is 5.56 Å². The van der Waals surface area contributed by atoms with E-state index in [4.69, 9.17) is 4.42 Å². The number of aryl methyl sites for hydroxylation is 1. The minimum atomic E-state index is 0.210. The number of hydrogen-bond acceptors (Lipinski definition) is 5. The second-order valence-electron chi connectivity index (χ2n) is 4.91. The summed E-state index contributed by atoms with van der Waals surface area (Å²) in [6.07, 6.45) is 5.21. The molecule has 3 rings (SSSR count). The van der Waals surface area contributed by atoms with Crippen LogP contribution in [0, 0.1) is 6.92 Å². The van der Waals surface area contributed by atoms with Gasteiger partial charge in [-0.3, -0.25) is 0 Å². The first kappa shape index (κ1) is 13.5. The lowest BCUT2D eigenvalue weighted by Gasteiger charge is -2.13. The molecule has 0 aliphatic carbocycles. The van der Waals surface area contributed by atoms with Crippen LogP contribution in [-0.2, 0) is 6.54 Å². The molecule has 3 aromatic rings. The highest BCUT2D eigenvalue weighted by Gasteiger charge is 2.07. The summed E-state index contributed by atoms with van der Waals surface area (Å²) in [6.45, 7) is 4.61. The zero-order chi connectivity index (χ0) is 14.7. The maximum Gasteiger partial charge on any atom is 0.208 e. The minimum absolute atomic E-state index is 0.210. The minimum Gasteiger partial charge on any atom is -0.445 e. The summed E-state index contributed by atoms with van der Waals surface area (Å²) in [4.78, 5) is 4.18. The topological polar surface area (TPSA) is 68.8 Å². The average molecular weight is 283 g/mol. The molecule has 0 saturated heterocycles. The van der Waals surface area contributed by atoms with Crippen LogP contribution in [0.15, 0.2) is 47.3 Å². The summed E-state index contributed by atoms with van der Waals surface area (Å²) in [5.74, 6) is 1.54. The highest BCUT2D eigenvalue weighted by atomic mass is 16.4. The van der Waals surface area contributed by atoms with Gasteiger partial charge < -0.3 is 9.73 Å². The molecule has 1 unspecified atom stereocenters. The summed E-state index contributed by atoms with van der Waals surface area (Å²) in [5.41, 5.74) is 2.19. The van der Waals surface area contributed by atoms with Gasteiger partial charge >= 0.3 is 0 Å². The van der Waals surface area contributed by atoms with Crippen LogP contribution in [0.4, 0.5) is 0 Å². The van der Waals surface area contributed by atoms with Crippen molar-refractivity contribution in [2.75, 3.05) is 0 Å². The predicted octanol–water partition coefficient (Wildman–Crippen LogP) is 2.41. The van der Waals surface area contributed by atoms with E-state index in [-0.39, 0.29) is 6.04 Å². The molecule has 108 valence electrons. The Kier molecular flexibility index (Phi) is 3.79. The fourth-order valence-corrected chi connectivity index (χ4v) is 2.10. The van der Waals surface area contributed by atoms with E-state index < -0.39 is 0 Å². The van der Waals surface area contributed by atoms with Crippen molar-refractivity contribution in [1.82, 2.24) is 25.3 Å². The molecular weight excluding hydrogens is 266 g/mol. The Labute approximate surface area is 122 Å². The third-order valence-corrected chi connectivity index (χ3v) is 3.31. The van der Waals surface area contributed by atoms with Gasteiger partial charge in [0.2, 0.25) is 5.89 Å². The number of benzene rings is 1. The fraction of sp³-hybridized carbons (Fsp3) is 0.267. The lowest BCUT2D eigenvalue weighted by molar-refractivity contribution is 0.432. The first-order valence-corrected chi connectivity index (χ1v) is 6.84. The molecule has 0 saturated carbocycles. The molecule has 0 spiro atoms. The van der Waals surface area contributed by atoms with Crippen molar-refractivity contribution < 1.29 is 4.42 Å². The molecule has 0 bridgehead atoms. The second kappa shape index (κ2) is 5.88. The third-order valence-electron chi connectivity index (χ3n) is 3.31. The molecule has 0 aliphatic heterocycles. The fourth-order valence-electron chi connectivity index (χ4n) is 2.10. The van der Waals surface area contributed by atoms with Gasteiger partial charge in [0.15, 0.2) is 0 Å². The van der Waals surface area contributed by atoms with Crippen molar-refractivity contribution in [1.29, 1.82) is 0 Å². The summed E-state index contributed by atoms with van der Waals surface area (Å²) in [7, 11) is 0. The lowest BCUT2D eigenvalue weighted by Crippen LogP contribution is -2.18. The van der Waals surface area contributed by atoms with Gasteiger partial charge in [0, 0.05) is 6.04 Å². The molecule has 6 nitrogen and oxygen atoms in total. The Bertz CT molecular complexity index is 687. The van der Waals surface area contributed by atoms with Crippen molar-refractivity contribution in [2.24, 2.45) is 0 Å². The monoisotopic (exact) mass is 283 g/mol. The summed E-state index contributed by atoms with van der Waals surface area (Å²) < 4.78 is 7.18. The Hall–Kier alpha value is -2.47. The van der Waals surface area contributed by atoms with Crippen molar-refractivity contribution in [2.45, 2.75) is 26.4 Å². The summed E-state index contributed by atoms with van der Waals surface area (Å²) >= 11 is 0. The maximum atomic E-state index is 5.45. The summed E-state index contributed by atoms with van der Waals surface area (Å²) in [5, 5.41) is 11.2. The van der Waals surface area contributed by atoms with Crippen molar-refractivity contribution >= 4 is 0 Å². The van der Waals surface area contributed by atoms with Crippen LogP contribution < -0.4 is 5.32 Å². The van der Waals surface area contributed by atoms with Crippen LogP contribution in [0.1, 0.15) is 30.2 Å². The van der Waals surface area contributed by atoms with Gasteiger partial charge in [0.25, 0.3) is 0 Å². The first-order valence-electron chi connectivity index (χ1n) is 6.84. The number of nitrogens with zero attached hydrogens (tertiary/aromatic N) is 4. The normalized spacial score (nSPS) is 12.5. The smallest absolute Gasteiger partial charge is 0.208 e. The average Bonchev–Trinajstić information content (AvgIpc) is 3.16. The van der Waals surface area contributed by atoms with Crippen molar-refractivity contribution in [3.63, 3.8) is 0 Å². The second-order valence-corrected chi connectivity index (χ2v) is 4.91. The molecule has 2 aromatic heterocycles. The Morgan fingerprint density at radius 3 is 2.71 bits per heavy atom. The van der Waals surface area contributed by atoms with Crippen LogP contribution in [0.5, 0.6) is 0 Å². The molecular formula is C15H17N5O. The van der Waals surface area contributed by atoms with Crippen molar-refractivity contribution in [3.05, 3.63) is 60.1 Å². The van der Waals surface area contributed by atoms with Gasteiger partial charge in [-0.05, 0) is 31.5 Å². The van der Waals surface area contributed by atoms with E-state index in [2.05, 4.69) is 39.7 Å². The molecule has 1 N–H and O–H groups in total. The number of nitrogens with one attached hydrogen (secondary N) is 1. The Morgan fingerprint density at radius 1 is 1.29 bits per heavy atom. The molecule has 2 heterocycles. The predicted molar refractivity (Wildman–Crippen MR) is 77.9 cm³/mol. The highest BCUT2D eigenvalue weighted by molar-refractivity contribution is 5.34. The van der Waals surface area contributed by atoms with E-state index in [0.717, 1.165) is 11.4 Å². The molecule has 0 radical (unpaired) electrons. The van der Waals surface area contributed by atoms with Gasteiger partial charge in [0.05, 0.1) is 30.8 Å². The highest BCUT2D eigenvalue weighted by Crippen LogP contribution is 2.15. The largest absolute Gasteiger partial charge is 0.445 e. The number of rotatable bonds is 5. The van der Waals surface area contributed by atoms with Crippen LogP contribution in [0.25, 0.3) is 5.69 Å². The van der Waals surface area contributed by atoms with Crippen LogP contribution in [-0.4, -0.2) is 20.0 Å². The van der Waals surface area contributed by atoms with Crippen LogP contribution >= 0.6 is 0 Å². The zero-order valence-electron chi connectivity index (χ0n) is 12.0. The van der Waals surface area contributed by atoms with Gasteiger partial charge in [-0.25, -0.2) is 9.67 Å². The Balaban J connectivity index is 1.63. The van der Waals surface area contributed by atoms with Gasteiger partial charge in [0.1, 0.15) is 5.76 Å². The molecule has 6 heteroatoms. The van der Waals surface area contributed by atoms with Crippen LogP contribution in [0.3, 0.4) is 0 Å². The quantitative estimate of drug-likeness (QED) is 0.778. The Morgan fingerprint density at radius 2 is 2.10 bits per heavy atom. The number of oxazole rings is 1. The van der Waals surface area contributed by atoms with Gasteiger partial charge in [-0.15, -0.1) is 5.10 Å². The molecule has 0 aliphatic rings. The molecule has 1 aromatic carbocycles. The molecule has 1 atom stereocenters. The maximum absolute atomic E-state index is 5.45. The zero-order valence-corrected chi connectivity index (χ0v) is 12.0. The number of hydrogen-bond donors (Lipinski definition) is 1. The first-order chi connectivity index (χ1) is 10.2. The van der Waals surface area contributed by atoms with E-state index in [0.29, 0.717) is 12.4 Å². The van der Waals surface area contributed by atoms with E-state index in [9.17, 15) is 0 Å². The molecule has 21 heavy (non-hydrogen) atoms. The van der Waals surface area contributed by atoms with Gasteiger partial charge in [-0.2, -0.15) is 0 Å². The molecule has 0 amide bonds. The van der Waals surface area contributed by atoms with Gasteiger partial charge in [-0.1, -0.05) is 17.3 Å². The summed E-state index contributed by atoms with van der Waals surface area (Å²) in [6, 6.07) is 8.42. The standard InChI is InChI=1S/C15H17N5O/c1-11-9-17-15(21-11)10-16-12(2)13-3-5-14(6-4-13)20-8-7-18-19-20/h3-9,12,16H,10H2,1-2H3. The van der Waals surface area contributed by atoms with Crippen molar-refractivity contribution in [3.8, 4) is 5.69 Å². The lowest BCUT2D eigenvalue weighted by atomic mass is 10.1. The number of aromatic nitrogens is 4. The third kappa shape index (κ3) is 3.17. The van der Waals surface area contributed by atoms with E-state index >= 15 is 0 Å².